The van der Waals surface area contributed by atoms with E-state index in [4.69, 9.17) is 0 Å². The molecule has 0 saturated carbocycles. The number of hydrogen-bond acceptors (Lipinski definition) is 0. The summed E-state index contributed by atoms with van der Waals surface area (Å²) in [5.41, 5.74) is 2.55. The van der Waals surface area contributed by atoms with Crippen molar-refractivity contribution < 1.29 is 16.8 Å². The molecule has 0 spiro atoms. The third-order valence-corrected chi connectivity index (χ3v) is 1.73. The van der Waals surface area contributed by atoms with Crippen molar-refractivity contribution in [3.05, 3.63) is 47.6 Å². The van der Waals surface area contributed by atoms with Gasteiger partial charge in [-0.25, -0.2) is 23.3 Å². The van der Waals surface area contributed by atoms with Crippen LogP contribution < -0.4 is 0 Å². The van der Waals surface area contributed by atoms with E-state index in [2.05, 4.69) is 50.3 Å². The van der Waals surface area contributed by atoms with E-state index in [1.807, 2.05) is 0 Å². The summed E-state index contributed by atoms with van der Waals surface area (Å²) in [6, 6.07) is 0. The first-order chi connectivity index (χ1) is 5.79. The second kappa shape index (κ2) is 6.93. The van der Waals surface area contributed by atoms with E-state index in [1.54, 1.807) is 0 Å². The monoisotopic (exact) mass is 217 g/mol. The molecule has 0 aromatic carbocycles. The zero-order valence-electron chi connectivity index (χ0n) is 8.06. The second-order valence-electron chi connectivity index (χ2n) is 2.93. The van der Waals surface area contributed by atoms with Crippen LogP contribution in [-0.2, 0) is 16.8 Å². The third-order valence-electron chi connectivity index (χ3n) is 1.73. The van der Waals surface area contributed by atoms with Crippen LogP contribution >= 0.6 is 0 Å². The van der Waals surface area contributed by atoms with Gasteiger partial charge in [-0.1, -0.05) is 13.8 Å². The Kier molecular flexibility index (Phi) is 6.64. The summed E-state index contributed by atoms with van der Waals surface area (Å²) in [6.07, 6.45) is 16.7. The molecule has 0 fully saturated rings. The quantitative estimate of drug-likeness (QED) is 0.545. The van der Waals surface area contributed by atoms with Gasteiger partial charge in [0.15, 0.2) is 0 Å². The first kappa shape index (κ1) is 12.5. The standard InChI is InChI=1S/2C6H7.Co/c2*1-6-4-2-3-5-6;/h2*2,4H,3H2,1H3;/q2*-1;+2. The van der Waals surface area contributed by atoms with Gasteiger partial charge >= 0.3 is 16.8 Å². The molecule has 0 nitrogen and oxygen atoms in total. The fraction of sp³-hybridized carbons (Fsp3) is 0.333. The van der Waals surface area contributed by atoms with E-state index in [9.17, 15) is 0 Å². The van der Waals surface area contributed by atoms with Gasteiger partial charge in [-0.05, 0) is 0 Å². The maximum atomic E-state index is 3.12. The normalized spacial score (nSPS) is 17.1. The van der Waals surface area contributed by atoms with Gasteiger partial charge in [0.25, 0.3) is 0 Å². The molecule has 0 atom stereocenters. The van der Waals surface area contributed by atoms with Crippen LogP contribution in [0.3, 0.4) is 0 Å². The Balaban J connectivity index is 0.000000206. The van der Waals surface area contributed by atoms with Gasteiger partial charge in [-0.15, -0.1) is 12.8 Å². The SMILES string of the molecule is CC1=[C-]CC=C1.CC1=[C-]CC=C1.[Co+2]. The molecule has 0 aliphatic heterocycles. The molecule has 13 heavy (non-hydrogen) atoms. The largest absolute Gasteiger partial charge is 2.00 e. The number of allylic oxidation sites excluding steroid dienone is 8. The summed E-state index contributed by atoms with van der Waals surface area (Å²) in [7, 11) is 0. The predicted octanol–water partition coefficient (Wildman–Crippen LogP) is 3.39. The Morgan fingerprint density at radius 2 is 1.31 bits per heavy atom. The van der Waals surface area contributed by atoms with E-state index < -0.39 is 0 Å². The molecule has 0 amide bonds. The van der Waals surface area contributed by atoms with Crippen LogP contribution in [0, 0.1) is 12.2 Å². The van der Waals surface area contributed by atoms with Gasteiger partial charge < -0.3 is 0 Å². The molecule has 0 unspecified atom stereocenters. The Bertz CT molecular complexity index is 221. The van der Waals surface area contributed by atoms with Crippen molar-refractivity contribution in [1.82, 2.24) is 0 Å². The molecular weight excluding hydrogens is 203 g/mol. The van der Waals surface area contributed by atoms with Crippen LogP contribution in [0.15, 0.2) is 35.5 Å². The van der Waals surface area contributed by atoms with E-state index in [0.29, 0.717) is 0 Å². The minimum Gasteiger partial charge on any atom is -0.270 e. The zero-order chi connectivity index (χ0) is 8.81. The van der Waals surface area contributed by atoms with Crippen molar-refractivity contribution >= 4 is 0 Å². The van der Waals surface area contributed by atoms with Gasteiger partial charge in [-0.2, -0.15) is 12.2 Å². The van der Waals surface area contributed by atoms with Crippen LogP contribution in [-0.4, -0.2) is 0 Å². The molecule has 0 heterocycles. The first-order valence-electron chi connectivity index (χ1n) is 4.27. The minimum atomic E-state index is 0. The number of rotatable bonds is 0. The van der Waals surface area contributed by atoms with Crippen LogP contribution in [0.1, 0.15) is 26.7 Å². The van der Waals surface area contributed by atoms with Crippen molar-refractivity contribution in [3.8, 4) is 0 Å². The smallest absolute Gasteiger partial charge is 0.270 e. The molecule has 2 aliphatic rings. The molecule has 71 valence electrons. The Labute approximate surface area is 91.3 Å². The molecule has 0 aromatic heterocycles. The molecule has 0 N–H and O–H groups in total. The molecule has 1 heteroatoms. The van der Waals surface area contributed by atoms with Crippen LogP contribution in [0.25, 0.3) is 0 Å². The molecule has 0 aromatic rings. The van der Waals surface area contributed by atoms with Crippen LogP contribution in [0.5, 0.6) is 0 Å². The zero-order valence-corrected chi connectivity index (χ0v) is 9.10. The average Bonchev–Trinajstić information content (AvgIpc) is 2.63. The van der Waals surface area contributed by atoms with Gasteiger partial charge in [-0.3, -0.25) is 12.2 Å². The second-order valence-corrected chi connectivity index (χ2v) is 2.93. The fourth-order valence-corrected chi connectivity index (χ4v) is 1.03. The molecule has 1 radical (unpaired) electrons. The Morgan fingerprint density at radius 1 is 0.923 bits per heavy atom. The Morgan fingerprint density at radius 3 is 1.38 bits per heavy atom. The van der Waals surface area contributed by atoms with Gasteiger partial charge in [0.2, 0.25) is 0 Å². The summed E-state index contributed by atoms with van der Waals surface area (Å²) in [5.74, 6) is 0. The van der Waals surface area contributed by atoms with Crippen molar-refractivity contribution in [2.75, 3.05) is 0 Å². The number of hydrogen-bond donors (Lipinski definition) is 0. The van der Waals surface area contributed by atoms with E-state index >= 15 is 0 Å². The van der Waals surface area contributed by atoms with E-state index in [-0.39, 0.29) is 16.8 Å². The van der Waals surface area contributed by atoms with Crippen LogP contribution in [0.4, 0.5) is 0 Å². The molecule has 0 bridgehead atoms. The van der Waals surface area contributed by atoms with Gasteiger partial charge in [0.05, 0.1) is 0 Å². The van der Waals surface area contributed by atoms with Crippen molar-refractivity contribution in [1.29, 1.82) is 0 Å². The summed E-state index contributed by atoms with van der Waals surface area (Å²) in [5, 5.41) is 0. The van der Waals surface area contributed by atoms with E-state index in [1.165, 1.54) is 11.1 Å². The summed E-state index contributed by atoms with van der Waals surface area (Å²) in [6.45, 7) is 4.12. The van der Waals surface area contributed by atoms with Crippen molar-refractivity contribution in [2.45, 2.75) is 26.7 Å². The van der Waals surface area contributed by atoms with Crippen LogP contribution in [0.2, 0.25) is 0 Å². The van der Waals surface area contributed by atoms with Crippen molar-refractivity contribution in [2.24, 2.45) is 0 Å². The Hall–Kier alpha value is -0.534. The predicted molar refractivity (Wildman–Crippen MR) is 52.4 cm³/mol. The first-order valence-corrected chi connectivity index (χ1v) is 4.27. The topological polar surface area (TPSA) is 0 Å². The fourth-order valence-electron chi connectivity index (χ4n) is 1.03. The maximum absolute atomic E-state index is 3.12. The van der Waals surface area contributed by atoms with Crippen molar-refractivity contribution in [3.63, 3.8) is 0 Å². The summed E-state index contributed by atoms with van der Waals surface area (Å²) in [4.78, 5) is 0. The summed E-state index contributed by atoms with van der Waals surface area (Å²) < 4.78 is 0. The maximum Gasteiger partial charge on any atom is 2.00 e. The third kappa shape index (κ3) is 5.67. The molecular formula is C12H14Co. The average molecular weight is 217 g/mol. The van der Waals surface area contributed by atoms with Gasteiger partial charge in [0.1, 0.15) is 0 Å². The molecule has 0 saturated heterocycles. The summed E-state index contributed by atoms with van der Waals surface area (Å²) >= 11 is 0. The van der Waals surface area contributed by atoms with E-state index in [0.717, 1.165) is 12.8 Å². The minimum absolute atomic E-state index is 0. The molecule has 2 rings (SSSR count). The van der Waals surface area contributed by atoms with Gasteiger partial charge in [0, 0.05) is 0 Å². The molecule has 2 aliphatic carbocycles.